The molecule has 5 heteroatoms. The van der Waals surface area contributed by atoms with Gasteiger partial charge < -0.3 is 14.6 Å². The normalized spacial score (nSPS) is 11.7. The second-order valence-corrected chi connectivity index (χ2v) is 7.18. The fraction of sp³-hybridized carbons (Fsp3) is 0.300. The largest absolute Gasteiger partial charge is 0.459 e. The number of ether oxygens (including phenoxy) is 1. The number of esters is 1. The third kappa shape index (κ3) is 3.65. The van der Waals surface area contributed by atoms with Crippen molar-refractivity contribution < 1.29 is 14.3 Å². The van der Waals surface area contributed by atoms with Crippen molar-refractivity contribution >= 4 is 33.6 Å². The molecule has 0 fully saturated rings. The van der Waals surface area contributed by atoms with Crippen LogP contribution in [-0.4, -0.2) is 41.0 Å². The van der Waals surface area contributed by atoms with Gasteiger partial charge in [0.1, 0.15) is 17.8 Å². The van der Waals surface area contributed by atoms with Crippen LogP contribution in [-0.2, 0) is 9.53 Å². The van der Waals surface area contributed by atoms with Gasteiger partial charge >= 0.3 is 5.97 Å². The molecule has 1 aromatic heterocycles. The van der Waals surface area contributed by atoms with E-state index in [0.29, 0.717) is 5.69 Å². The number of hydrogen-bond acceptors (Lipinski definition) is 3. The van der Waals surface area contributed by atoms with Gasteiger partial charge in [0.2, 0.25) is 0 Å². The van der Waals surface area contributed by atoms with Gasteiger partial charge in [-0.15, -0.1) is 0 Å². The van der Waals surface area contributed by atoms with E-state index in [2.05, 4.69) is 4.98 Å². The molecular formula is C20H22N2O3. The molecule has 130 valence electrons. The van der Waals surface area contributed by atoms with E-state index in [1.807, 2.05) is 42.5 Å². The monoisotopic (exact) mass is 338 g/mol. The topological polar surface area (TPSA) is 62.4 Å². The highest BCUT2D eigenvalue weighted by atomic mass is 16.6. The lowest BCUT2D eigenvalue weighted by Gasteiger charge is -2.22. The third-order valence-corrected chi connectivity index (χ3v) is 3.89. The number of aromatic amines is 1. The Labute approximate surface area is 146 Å². The van der Waals surface area contributed by atoms with Crippen LogP contribution in [0.25, 0.3) is 21.7 Å². The number of carbonyl (C=O) groups excluding carboxylic acids is 2. The first-order chi connectivity index (χ1) is 11.7. The van der Waals surface area contributed by atoms with E-state index in [1.54, 1.807) is 27.8 Å². The number of nitrogens with one attached hydrogen (secondary N) is 1. The molecule has 0 aliphatic carbocycles. The number of carbonyl (C=O) groups is 2. The van der Waals surface area contributed by atoms with Crippen molar-refractivity contribution in [3.8, 4) is 0 Å². The first-order valence-electron chi connectivity index (χ1n) is 8.22. The Balaban J connectivity index is 1.84. The molecule has 0 unspecified atom stereocenters. The number of nitrogens with zero attached hydrogens (tertiary/aromatic N) is 1. The van der Waals surface area contributed by atoms with Gasteiger partial charge in [-0.1, -0.05) is 30.3 Å². The van der Waals surface area contributed by atoms with E-state index in [9.17, 15) is 9.59 Å². The van der Waals surface area contributed by atoms with Gasteiger partial charge in [-0.25, -0.2) is 0 Å². The zero-order valence-electron chi connectivity index (χ0n) is 14.9. The molecule has 2 aromatic carbocycles. The summed E-state index contributed by atoms with van der Waals surface area (Å²) in [6.45, 7) is 5.31. The van der Waals surface area contributed by atoms with Gasteiger partial charge in [0.15, 0.2) is 0 Å². The number of likely N-dealkylation sites (N-methyl/N-ethyl adjacent to an activating group) is 1. The van der Waals surface area contributed by atoms with Crippen LogP contribution in [0.2, 0.25) is 0 Å². The highest BCUT2D eigenvalue weighted by Crippen LogP contribution is 2.26. The summed E-state index contributed by atoms with van der Waals surface area (Å²) in [5.41, 5.74) is 0.784. The first kappa shape index (κ1) is 17.0. The number of amides is 1. The number of H-pyrrole nitrogens is 1. The molecule has 0 saturated heterocycles. The van der Waals surface area contributed by atoms with Crippen LogP contribution in [0.3, 0.4) is 0 Å². The van der Waals surface area contributed by atoms with Crippen LogP contribution >= 0.6 is 0 Å². The van der Waals surface area contributed by atoms with E-state index >= 15 is 0 Å². The van der Waals surface area contributed by atoms with Crippen LogP contribution < -0.4 is 0 Å². The molecule has 1 N–H and O–H groups in total. The average Bonchev–Trinajstić information content (AvgIpc) is 2.96. The molecule has 1 amide bonds. The van der Waals surface area contributed by atoms with Gasteiger partial charge in [-0.05, 0) is 43.7 Å². The Morgan fingerprint density at radius 2 is 1.80 bits per heavy atom. The molecule has 0 spiro atoms. The summed E-state index contributed by atoms with van der Waals surface area (Å²) in [4.78, 5) is 29.1. The molecule has 0 radical (unpaired) electrons. The maximum atomic E-state index is 12.6. The van der Waals surface area contributed by atoms with Crippen molar-refractivity contribution in [2.24, 2.45) is 0 Å². The molecule has 3 rings (SSSR count). The zero-order chi connectivity index (χ0) is 18.2. The number of aromatic nitrogens is 1. The summed E-state index contributed by atoms with van der Waals surface area (Å²) in [6.07, 6.45) is 0. The minimum absolute atomic E-state index is 0.0911. The highest BCUT2D eigenvalue weighted by Gasteiger charge is 2.21. The maximum absolute atomic E-state index is 12.6. The lowest BCUT2D eigenvalue weighted by molar-refractivity contribution is -0.155. The Kier molecular flexibility index (Phi) is 4.25. The molecule has 0 bridgehead atoms. The predicted octanol–water partition coefficient (Wildman–Crippen LogP) is 3.73. The Morgan fingerprint density at radius 1 is 1.08 bits per heavy atom. The second-order valence-electron chi connectivity index (χ2n) is 7.18. The van der Waals surface area contributed by atoms with Crippen molar-refractivity contribution in [2.75, 3.05) is 13.6 Å². The minimum Gasteiger partial charge on any atom is -0.459 e. The molecule has 3 aromatic rings. The van der Waals surface area contributed by atoms with Crippen LogP contribution in [0.1, 0.15) is 31.3 Å². The SMILES string of the molecule is CN(CC(=O)OC(C)(C)C)C(=O)c1cc2c(ccc3ccccc32)[nH]1. The summed E-state index contributed by atoms with van der Waals surface area (Å²) >= 11 is 0. The highest BCUT2D eigenvalue weighted by molar-refractivity contribution is 6.10. The summed E-state index contributed by atoms with van der Waals surface area (Å²) in [5, 5.41) is 3.20. The third-order valence-electron chi connectivity index (χ3n) is 3.89. The Hall–Kier alpha value is -2.82. The van der Waals surface area contributed by atoms with E-state index in [0.717, 1.165) is 21.7 Å². The van der Waals surface area contributed by atoms with Crippen molar-refractivity contribution in [3.05, 3.63) is 48.2 Å². The van der Waals surface area contributed by atoms with Crippen molar-refractivity contribution in [1.29, 1.82) is 0 Å². The van der Waals surface area contributed by atoms with Gasteiger partial charge in [0.05, 0.1) is 0 Å². The van der Waals surface area contributed by atoms with Gasteiger partial charge in [-0.3, -0.25) is 9.59 Å². The lowest BCUT2D eigenvalue weighted by atomic mass is 10.1. The maximum Gasteiger partial charge on any atom is 0.326 e. The van der Waals surface area contributed by atoms with E-state index in [-0.39, 0.29) is 12.5 Å². The van der Waals surface area contributed by atoms with Crippen LogP contribution in [0, 0.1) is 0 Å². The summed E-state index contributed by atoms with van der Waals surface area (Å²) < 4.78 is 5.27. The van der Waals surface area contributed by atoms with Gasteiger partial charge in [-0.2, -0.15) is 0 Å². The number of fused-ring (bicyclic) bond motifs is 3. The zero-order valence-corrected chi connectivity index (χ0v) is 14.9. The van der Waals surface area contributed by atoms with E-state index in [4.69, 9.17) is 4.74 Å². The standard InChI is InChI=1S/C20H22N2O3/c1-20(2,3)25-18(23)12-22(4)19(24)17-11-15-14-8-6-5-7-13(14)9-10-16(15)21-17/h5-11,21H,12H2,1-4H3. The van der Waals surface area contributed by atoms with Crippen LogP contribution in [0.4, 0.5) is 0 Å². The quantitative estimate of drug-likeness (QED) is 0.740. The number of benzene rings is 2. The smallest absolute Gasteiger partial charge is 0.326 e. The van der Waals surface area contributed by atoms with E-state index in [1.165, 1.54) is 4.90 Å². The summed E-state index contributed by atoms with van der Waals surface area (Å²) in [5.74, 6) is -0.670. The fourth-order valence-electron chi connectivity index (χ4n) is 2.85. The lowest BCUT2D eigenvalue weighted by Crippen LogP contribution is -2.36. The Bertz CT molecular complexity index is 950. The number of hydrogen-bond donors (Lipinski definition) is 1. The van der Waals surface area contributed by atoms with Crippen molar-refractivity contribution in [3.63, 3.8) is 0 Å². The summed E-state index contributed by atoms with van der Waals surface area (Å²) in [6, 6.07) is 13.9. The molecule has 0 atom stereocenters. The molecular weight excluding hydrogens is 316 g/mol. The van der Waals surface area contributed by atoms with Crippen molar-refractivity contribution in [1.82, 2.24) is 9.88 Å². The molecule has 0 aliphatic heterocycles. The van der Waals surface area contributed by atoms with Crippen LogP contribution in [0.5, 0.6) is 0 Å². The molecule has 25 heavy (non-hydrogen) atoms. The minimum atomic E-state index is -0.568. The Morgan fingerprint density at radius 3 is 2.52 bits per heavy atom. The predicted molar refractivity (Wildman–Crippen MR) is 98.6 cm³/mol. The molecule has 5 nitrogen and oxygen atoms in total. The van der Waals surface area contributed by atoms with Gasteiger partial charge in [0, 0.05) is 18.0 Å². The van der Waals surface area contributed by atoms with Crippen LogP contribution in [0.15, 0.2) is 42.5 Å². The van der Waals surface area contributed by atoms with Crippen molar-refractivity contribution in [2.45, 2.75) is 26.4 Å². The number of rotatable bonds is 3. The first-order valence-corrected chi connectivity index (χ1v) is 8.22. The molecule has 0 aliphatic rings. The summed E-state index contributed by atoms with van der Waals surface area (Å²) in [7, 11) is 1.59. The fourth-order valence-corrected chi connectivity index (χ4v) is 2.85. The van der Waals surface area contributed by atoms with E-state index < -0.39 is 11.6 Å². The second kappa shape index (κ2) is 6.24. The molecule has 0 saturated carbocycles. The van der Waals surface area contributed by atoms with Gasteiger partial charge in [0.25, 0.3) is 5.91 Å². The average molecular weight is 338 g/mol. The molecule has 1 heterocycles.